The van der Waals surface area contributed by atoms with E-state index < -0.39 is 4.92 Å². The molecule has 0 fully saturated rings. The minimum atomic E-state index is -0.436. The molecule has 2 N–H and O–H groups in total. The van der Waals surface area contributed by atoms with E-state index in [1.54, 1.807) is 29.2 Å². The molecule has 7 heteroatoms. The van der Waals surface area contributed by atoms with Crippen molar-refractivity contribution in [2.45, 2.75) is 33.0 Å². The third kappa shape index (κ3) is 5.27. The van der Waals surface area contributed by atoms with Crippen molar-refractivity contribution in [1.82, 2.24) is 4.90 Å². The summed E-state index contributed by atoms with van der Waals surface area (Å²) >= 11 is 0. The smallest absolute Gasteiger partial charge is 0.269 e. The summed E-state index contributed by atoms with van der Waals surface area (Å²) in [6.45, 7) is 4.72. The fourth-order valence-corrected chi connectivity index (χ4v) is 2.36. The van der Waals surface area contributed by atoms with Gasteiger partial charge in [0.2, 0.25) is 0 Å². The van der Waals surface area contributed by atoms with E-state index in [4.69, 9.17) is 5.73 Å². The highest BCUT2D eigenvalue weighted by molar-refractivity contribution is 5.94. The number of hydrogen-bond donors (Lipinski definition) is 1. The van der Waals surface area contributed by atoms with Crippen LogP contribution in [0.25, 0.3) is 0 Å². The van der Waals surface area contributed by atoms with Gasteiger partial charge in [-0.1, -0.05) is 24.3 Å². The van der Waals surface area contributed by atoms with E-state index in [9.17, 15) is 14.9 Å². The van der Waals surface area contributed by atoms with Gasteiger partial charge in [-0.2, -0.15) is 0 Å². The molecule has 0 bridgehead atoms. The fraction of sp³-hybridized carbons (Fsp3) is 0.278. The number of nitro benzene ring substituents is 1. The zero-order valence-corrected chi connectivity index (χ0v) is 15.0. The van der Waals surface area contributed by atoms with Crippen LogP contribution in [0.5, 0.6) is 0 Å². The second-order valence-electron chi connectivity index (χ2n) is 5.85. The highest BCUT2D eigenvalue weighted by atomic mass is 35.5. The summed E-state index contributed by atoms with van der Waals surface area (Å²) < 4.78 is 0. The molecule has 134 valence electrons. The number of carbonyl (C=O) groups is 1. The van der Waals surface area contributed by atoms with Crippen LogP contribution in [0.1, 0.15) is 35.3 Å². The van der Waals surface area contributed by atoms with E-state index in [0.717, 1.165) is 11.1 Å². The molecule has 25 heavy (non-hydrogen) atoms. The summed E-state index contributed by atoms with van der Waals surface area (Å²) in [6, 6.07) is 13.5. The molecule has 2 aromatic carbocycles. The van der Waals surface area contributed by atoms with Gasteiger partial charge in [0.05, 0.1) is 4.92 Å². The Morgan fingerprint density at radius 3 is 2.04 bits per heavy atom. The molecule has 0 aliphatic carbocycles. The van der Waals surface area contributed by atoms with Gasteiger partial charge in [-0.15, -0.1) is 12.4 Å². The van der Waals surface area contributed by atoms with E-state index in [0.29, 0.717) is 18.7 Å². The molecule has 0 unspecified atom stereocenters. The lowest BCUT2D eigenvalue weighted by atomic mass is 10.1. The summed E-state index contributed by atoms with van der Waals surface area (Å²) in [4.78, 5) is 24.8. The van der Waals surface area contributed by atoms with Gasteiger partial charge in [-0.05, 0) is 37.1 Å². The van der Waals surface area contributed by atoms with Crippen LogP contribution < -0.4 is 5.73 Å². The number of hydrogen-bond acceptors (Lipinski definition) is 4. The minimum absolute atomic E-state index is 0. The number of carbonyl (C=O) groups excluding carboxylic acids is 1. The highest BCUT2D eigenvalue weighted by Crippen LogP contribution is 2.17. The molecule has 0 saturated heterocycles. The second-order valence-corrected chi connectivity index (χ2v) is 5.85. The highest BCUT2D eigenvalue weighted by Gasteiger charge is 2.19. The standard InChI is InChI=1S/C18H21N3O3.ClH/c1-13(2)20(12-15-5-9-17(10-6-15)21(23)24)18(22)16-7-3-14(11-19)4-8-16;/h3-10,13H,11-12,19H2,1-2H3;1H. The first-order valence-corrected chi connectivity index (χ1v) is 7.75. The Balaban J connectivity index is 0.00000312. The number of nitro groups is 1. The van der Waals surface area contributed by atoms with Gasteiger partial charge in [-0.25, -0.2) is 0 Å². The lowest BCUT2D eigenvalue weighted by Gasteiger charge is -2.27. The van der Waals surface area contributed by atoms with Crippen LogP contribution in [0.4, 0.5) is 5.69 Å². The first kappa shape index (κ1) is 20.6. The summed E-state index contributed by atoms with van der Waals surface area (Å²) in [5, 5.41) is 10.7. The predicted octanol–water partition coefficient (Wildman–Crippen LogP) is 3.53. The maximum absolute atomic E-state index is 12.8. The van der Waals surface area contributed by atoms with E-state index >= 15 is 0 Å². The van der Waals surface area contributed by atoms with Crippen LogP contribution in [0.15, 0.2) is 48.5 Å². The Bertz CT molecular complexity index is 715. The topological polar surface area (TPSA) is 89.5 Å². The average molecular weight is 364 g/mol. The van der Waals surface area contributed by atoms with E-state index in [1.807, 2.05) is 26.0 Å². The normalized spacial score (nSPS) is 10.2. The lowest BCUT2D eigenvalue weighted by molar-refractivity contribution is -0.384. The first-order valence-electron chi connectivity index (χ1n) is 7.75. The summed E-state index contributed by atoms with van der Waals surface area (Å²) in [5.74, 6) is -0.0769. The SMILES string of the molecule is CC(C)N(Cc1ccc([N+](=O)[O-])cc1)C(=O)c1ccc(CN)cc1.Cl. The third-order valence-electron chi connectivity index (χ3n) is 3.82. The largest absolute Gasteiger partial charge is 0.332 e. The van der Waals surface area contributed by atoms with Crippen molar-refractivity contribution in [3.63, 3.8) is 0 Å². The molecule has 0 heterocycles. The van der Waals surface area contributed by atoms with Gasteiger partial charge in [0, 0.05) is 36.8 Å². The summed E-state index contributed by atoms with van der Waals surface area (Å²) in [6.07, 6.45) is 0. The maximum atomic E-state index is 12.8. The quantitative estimate of drug-likeness (QED) is 0.628. The van der Waals surface area contributed by atoms with Crippen molar-refractivity contribution >= 4 is 24.0 Å². The molecule has 0 saturated carbocycles. The molecule has 0 radical (unpaired) electrons. The molecule has 2 rings (SSSR count). The molecule has 0 atom stereocenters. The van der Waals surface area contributed by atoms with Gasteiger partial charge >= 0.3 is 0 Å². The van der Waals surface area contributed by atoms with Crippen molar-refractivity contribution in [1.29, 1.82) is 0 Å². The molecule has 0 aromatic heterocycles. The zero-order chi connectivity index (χ0) is 17.7. The summed E-state index contributed by atoms with van der Waals surface area (Å²) in [5.41, 5.74) is 8.04. The van der Waals surface area contributed by atoms with Crippen molar-refractivity contribution in [2.24, 2.45) is 5.73 Å². The van der Waals surface area contributed by atoms with Crippen LogP contribution in [-0.2, 0) is 13.1 Å². The van der Waals surface area contributed by atoms with Crippen LogP contribution in [-0.4, -0.2) is 21.8 Å². The van der Waals surface area contributed by atoms with Crippen LogP contribution in [0, 0.1) is 10.1 Å². The zero-order valence-electron chi connectivity index (χ0n) is 14.2. The first-order chi connectivity index (χ1) is 11.4. The number of non-ortho nitro benzene ring substituents is 1. The molecule has 2 aromatic rings. The van der Waals surface area contributed by atoms with Crippen molar-refractivity contribution < 1.29 is 9.72 Å². The van der Waals surface area contributed by atoms with E-state index in [-0.39, 0.29) is 30.0 Å². The van der Waals surface area contributed by atoms with Crippen molar-refractivity contribution in [3.05, 3.63) is 75.3 Å². The van der Waals surface area contributed by atoms with Crippen LogP contribution >= 0.6 is 12.4 Å². The van der Waals surface area contributed by atoms with Crippen LogP contribution in [0.3, 0.4) is 0 Å². The molecule has 6 nitrogen and oxygen atoms in total. The number of nitrogens with zero attached hydrogens (tertiary/aromatic N) is 2. The third-order valence-corrected chi connectivity index (χ3v) is 3.82. The number of benzene rings is 2. The van der Waals surface area contributed by atoms with Gasteiger partial charge in [0.1, 0.15) is 0 Å². The Hall–Kier alpha value is -2.44. The van der Waals surface area contributed by atoms with Crippen molar-refractivity contribution in [3.8, 4) is 0 Å². The molecule has 1 amide bonds. The van der Waals surface area contributed by atoms with Gasteiger partial charge in [0.15, 0.2) is 0 Å². The monoisotopic (exact) mass is 363 g/mol. The maximum Gasteiger partial charge on any atom is 0.269 e. The Morgan fingerprint density at radius 1 is 1.08 bits per heavy atom. The molecule has 0 aliphatic rings. The summed E-state index contributed by atoms with van der Waals surface area (Å²) in [7, 11) is 0. The molecular weight excluding hydrogens is 342 g/mol. The Labute approximate surface area is 153 Å². The Kier molecular flexibility index (Phi) is 7.54. The van der Waals surface area contributed by atoms with Gasteiger partial charge in [-0.3, -0.25) is 14.9 Å². The number of halogens is 1. The van der Waals surface area contributed by atoms with Gasteiger partial charge in [0.25, 0.3) is 11.6 Å². The van der Waals surface area contributed by atoms with Crippen molar-refractivity contribution in [2.75, 3.05) is 0 Å². The number of nitrogens with two attached hydrogens (primary N) is 1. The van der Waals surface area contributed by atoms with Gasteiger partial charge < -0.3 is 10.6 Å². The fourth-order valence-electron chi connectivity index (χ4n) is 2.36. The lowest BCUT2D eigenvalue weighted by Crippen LogP contribution is -2.36. The predicted molar refractivity (Wildman–Crippen MR) is 99.7 cm³/mol. The Morgan fingerprint density at radius 2 is 1.60 bits per heavy atom. The number of rotatable bonds is 6. The second kappa shape index (κ2) is 9.15. The molecule has 0 spiro atoms. The van der Waals surface area contributed by atoms with Crippen LogP contribution in [0.2, 0.25) is 0 Å². The van der Waals surface area contributed by atoms with E-state index in [1.165, 1.54) is 12.1 Å². The minimum Gasteiger partial charge on any atom is -0.332 e. The van der Waals surface area contributed by atoms with E-state index in [2.05, 4.69) is 0 Å². The molecular formula is C18H22ClN3O3. The molecule has 0 aliphatic heterocycles. The number of amides is 1. The average Bonchev–Trinajstić information content (AvgIpc) is 2.59.